The van der Waals surface area contributed by atoms with Crippen LogP contribution < -0.4 is 10.6 Å². The molecule has 1 unspecified atom stereocenters. The van der Waals surface area contributed by atoms with E-state index in [1.807, 2.05) is 7.05 Å². The lowest BCUT2D eigenvalue weighted by Gasteiger charge is -2.35. The molecule has 0 spiro atoms. The summed E-state index contributed by atoms with van der Waals surface area (Å²) < 4.78 is 11.2. The minimum Gasteiger partial charge on any atom is -0.381 e. The molecule has 1 aliphatic heterocycles. The largest absolute Gasteiger partial charge is 0.381 e. The van der Waals surface area contributed by atoms with E-state index in [0.717, 1.165) is 65.0 Å². The summed E-state index contributed by atoms with van der Waals surface area (Å²) in [4.78, 5) is 6.86. The van der Waals surface area contributed by atoms with Crippen molar-refractivity contribution >= 4 is 29.9 Å². The summed E-state index contributed by atoms with van der Waals surface area (Å²) in [7, 11) is 1.82. The molecule has 1 fully saturated rings. The molecule has 166 valence electrons. The van der Waals surface area contributed by atoms with Gasteiger partial charge in [0.05, 0.1) is 19.3 Å². The highest BCUT2D eigenvalue weighted by Gasteiger charge is 2.22. The molecule has 0 bridgehead atoms. The Morgan fingerprint density at radius 2 is 1.86 bits per heavy atom. The highest BCUT2D eigenvalue weighted by molar-refractivity contribution is 14.0. The summed E-state index contributed by atoms with van der Waals surface area (Å²) in [5, 5.41) is 6.90. The molecule has 1 aromatic rings. The van der Waals surface area contributed by atoms with E-state index in [9.17, 15) is 0 Å². The van der Waals surface area contributed by atoms with Crippen molar-refractivity contribution in [2.45, 2.75) is 33.2 Å². The van der Waals surface area contributed by atoms with Gasteiger partial charge >= 0.3 is 0 Å². The Labute approximate surface area is 193 Å². The van der Waals surface area contributed by atoms with Crippen LogP contribution in [0.4, 0.5) is 0 Å². The predicted octanol–water partition coefficient (Wildman–Crippen LogP) is 3.21. The molecule has 1 aromatic carbocycles. The van der Waals surface area contributed by atoms with Crippen LogP contribution in [0.3, 0.4) is 0 Å². The van der Waals surface area contributed by atoms with E-state index < -0.39 is 0 Å². The third-order valence-electron chi connectivity index (χ3n) is 4.84. The minimum absolute atomic E-state index is 0. The summed E-state index contributed by atoms with van der Waals surface area (Å²) in [5.74, 6) is 1.43. The van der Waals surface area contributed by atoms with E-state index in [1.165, 1.54) is 11.1 Å². The number of halogens is 1. The van der Waals surface area contributed by atoms with Crippen molar-refractivity contribution in [3.63, 3.8) is 0 Å². The van der Waals surface area contributed by atoms with Gasteiger partial charge in [-0.25, -0.2) is 0 Å². The van der Waals surface area contributed by atoms with E-state index in [2.05, 4.69) is 65.6 Å². The van der Waals surface area contributed by atoms with Gasteiger partial charge in [0.25, 0.3) is 0 Å². The lowest BCUT2D eigenvalue weighted by atomic mass is 10.0. The lowest BCUT2D eigenvalue weighted by Crippen LogP contribution is -2.46. The van der Waals surface area contributed by atoms with E-state index in [4.69, 9.17) is 9.47 Å². The molecule has 2 rings (SSSR count). The van der Waals surface area contributed by atoms with Crippen LogP contribution in [0.2, 0.25) is 0 Å². The number of nitrogens with one attached hydrogen (secondary N) is 2. The number of nitrogens with zero attached hydrogens (tertiary/aromatic N) is 2. The summed E-state index contributed by atoms with van der Waals surface area (Å²) in [6, 6.07) is 9.15. The third kappa shape index (κ3) is 10.1. The molecule has 2 N–H and O–H groups in total. The molecule has 0 saturated carbocycles. The van der Waals surface area contributed by atoms with Gasteiger partial charge in [0, 0.05) is 46.4 Å². The molecule has 0 aromatic heterocycles. The van der Waals surface area contributed by atoms with E-state index >= 15 is 0 Å². The first kappa shape index (κ1) is 26.1. The van der Waals surface area contributed by atoms with Gasteiger partial charge in [-0.3, -0.25) is 9.89 Å². The van der Waals surface area contributed by atoms with Gasteiger partial charge in [-0.15, -0.1) is 24.0 Å². The number of benzene rings is 1. The molecule has 1 saturated heterocycles. The molecule has 1 atom stereocenters. The zero-order valence-corrected chi connectivity index (χ0v) is 20.8. The maximum absolute atomic E-state index is 5.64. The quantitative estimate of drug-likeness (QED) is 0.216. The fraction of sp³-hybridized carbons (Fsp3) is 0.682. The van der Waals surface area contributed by atoms with Crippen molar-refractivity contribution in [2.75, 3.05) is 59.7 Å². The van der Waals surface area contributed by atoms with Crippen molar-refractivity contribution in [3.8, 4) is 0 Å². The SMILES string of the molecule is CN=C(NCCCOCC(C)C)NCC(c1ccc(C)cc1)N1CCOCC1.I. The number of hydrogen-bond donors (Lipinski definition) is 2. The van der Waals surface area contributed by atoms with Gasteiger partial charge in [-0.2, -0.15) is 0 Å². The second kappa shape index (κ2) is 15.0. The monoisotopic (exact) mass is 518 g/mol. The van der Waals surface area contributed by atoms with Crippen LogP contribution in [0.15, 0.2) is 29.3 Å². The van der Waals surface area contributed by atoms with Crippen molar-refractivity contribution in [1.29, 1.82) is 0 Å². The van der Waals surface area contributed by atoms with Gasteiger partial charge in [-0.1, -0.05) is 43.7 Å². The van der Waals surface area contributed by atoms with Crippen LogP contribution in [-0.2, 0) is 9.47 Å². The number of guanidine groups is 1. The molecular weight excluding hydrogens is 479 g/mol. The molecule has 7 heteroatoms. The highest BCUT2D eigenvalue weighted by atomic mass is 127. The molecular formula is C22H39IN4O2. The number of rotatable bonds is 10. The van der Waals surface area contributed by atoms with Crippen LogP contribution in [0.1, 0.15) is 37.4 Å². The van der Waals surface area contributed by atoms with Gasteiger partial charge < -0.3 is 20.1 Å². The lowest BCUT2D eigenvalue weighted by molar-refractivity contribution is 0.0170. The Balaban J connectivity index is 0.00000420. The molecule has 0 amide bonds. The van der Waals surface area contributed by atoms with Gasteiger partial charge in [-0.05, 0) is 24.8 Å². The van der Waals surface area contributed by atoms with Crippen LogP contribution in [0, 0.1) is 12.8 Å². The maximum atomic E-state index is 5.64. The number of aliphatic imine (C=N–C) groups is 1. The van der Waals surface area contributed by atoms with Crippen molar-refractivity contribution in [3.05, 3.63) is 35.4 Å². The molecule has 0 aliphatic carbocycles. The molecule has 6 nitrogen and oxygen atoms in total. The zero-order valence-electron chi connectivity index (χ0n) is 18.4. The Morgan fingerprint density at radius 3 is 2.48 bits per heavy atom. The standard InChI is InChI=1S/C22H38N4O2.HI/c1-18(2)17-28-13-5-10-24-22(23-4)25-16-21(26-11-14-27-15-12-26)20-8-6-19(3)7-9-20;/h6-9,18,21H,5,10-17H2,1-4H3,(H2,23,24,25);1H. The Kier molecular flexibility index (Phi) is 13.5. The Morgan fingerprint density at radius 1 is 1.17 bits per heavy atom. The number of ether oxygens (including phenoxy) is 2. The second-order valence-corrected chi connectivity index (χ2v) is 7.78. The summed E-state index contributed by atoms with van der Waals surface area (Å²) >= 11 is 0. The molecule has 1 aliphatic rings. The summed E-state index contributed by atoms with van der Waals surface area (Å²) in [5.41, 5.74) is 2.62. The van der Waals surface area contributed by atoms with Crippen LogP contribution in [-0.4, -0.2) is 70.5 Å². The zero-order chi connectivity index (χ0) is 20.2. The van der Waals surface area contributed by atoms with E-state index in [1.54, 1.807) is 0 Å². The smallest absolute Gasteiger partial charge is 0.191 e. The fourth-order valence-electron chi connectivity index (χ4n) is 3.25. The minimum atomic E-state index is 0. The number of morpholine rings is 1. The molecule has 0 radical (unpaired) electrons. The van der Waals surface area contributed by atoms with Crippen molar-refractivity contribution < 1.29 is 9.47 Å². The average molecular weight is 518 g/mol. The highest BCUT2D eigenvalue weighted by Crippen LogP contribution is 2.21. The third-order valence-corrected chi connectivity index (χ3v) is 4.84. The van der Waals surface area contributed by atoms with Crippen LogP contribution in [0.25, 0.3) is 0 Å². The molecule has 1 heterocycles. The summed E-state index contributed by atoms with van der Waals surface area (Å²) in [6.45, 7) is 13.2. The van der Waals surface area contributed by atoms with Crippen LogP contribution in [0.5, 0.6) is 0 Å². The second-order valence-electron chi connectivity index (χ2n) is 7.78. The maximum Gasteiger partial charge on any atom is 0.191 e. The summed E-state index contributed by atoms with van der Waals surface area (Å²) in [6.07, 6.45) is 0.971. The van der Waals surface area contributed by atoms with E-state index in [0.29, 0.717) is 12.0 Å². The van der Waals surface area contributed by atoms with E-state index in [-0.39, 0.29) is 24.0 Å². The van der Waals surface area contributed by atoms with Gasteiger partial charge in [0.15, 0.2) is 5.96 Å². The molecule has 29 heavy (non-hydrogen) atoms. The number of hydrogen-bond acceptors (Lipinski definition) is 4. The van der Waals surface area contributed by atoms with Crippen molar-refractivity contribution in [1.82, 2.24) is 15.5 Å². The number of aryl methyl sites for hydroxylation is 1. The first-order valence-corrected chi connectivity index (χ1v) is 10.5. The predicted molar refractivity (Wildman–Crippen MR) is 131 cm³/mol. The first-order valence-electron chi connectivity index (χ1n) is 10.5. The van der Waals surface area contributed by atoms with Gasteiger partial charge in [0.2, 0.25) is 0 Å². The average Bonchev–Trinajstić information content (AvgIpc) is 2.71. The first-order chi connectivity index (χ1) is 13.6. The Hall–Kier alpha value is -0.900. The topological polar surface area (TPSA) is 58.1 Å². The van der Waals surface area contributed by atoms with Gasteiger partial charge in [0.1, 0.15) is 0 Å². The van der Waals surface area contributed by atoms with Crippen LogP contribution >= 0.6 is 24.0 Å². The van der Waals surface area contributed by atoms with Crippen molar-refractivity contribution in [2.24, 2.45) is 10.9 Å². The normalized spacial score (nSPS) is 16.4. The fourth-order valence-corrected chi connectivity index (χ4v) is 3.25. The Bertz CT molecular complexity index is 575.